The van der Waals surface area contributed by atoms with Gasteiger partial charge in [0.05, 0.1) is 4.90 Å². The molecule has 1 saturated heterocycles. The van der Waals surface area contributed by atoms with Gasteiger partial charge in [-0.05, 0) is 74.3 Å². The Morgan fingerprint density at radius 3 is 2.61 bits per heavy atom. The molecule has 0 spiro atoms. The summed E-state index contributed by atoms with van der Waals surface area (Å²) in [6.45, 7) is 3.45. The van der Waals surface area contributed by atoms with Crippen molar-refractivity contribution in [2.45, 2.75) is 49.5 Å². The minimum absolute atomic E-state index is 0.246. The van der Waals surface area contributed by atoms with E-state index in [4.69, 9.17) is 5.73 Å². The Labute approximate surface area is 165 Å². The Kier molecular flexibility index (Phi) is 4.10. The first-order chi connectivity index (χ1) is 13.5. The van der Waals surface area contributed by atoms with Gasteiger partial charge in [0.2, 0.25) is 16.0 Å². The maximum atomic E-state index is 13.1. The minimum atomic E-state index is -3.42. The van der Waals surface area contributed by atoms with Crippen LogP contribution in [0.4, 0.5) is 17.5 Å². The van der Waals surface area contributed by atoms with E-state index in [-0.39, 0.29) is 12.0 Å². The number of anilines is 3. The number of aromatic nitrogens is 2. The number of nitrogens with zero attached hydrogens (tertiary/aromatic N) is 4. The lowest BCUT2D eigenvalue weighted by molar-refractivity contribution is 0.207. The van der Waals surface area contributed by atoms with Gasteiger partial charge in [-0.1, -0.05) is 0 Å². The van der Waals surface area contributed by atoms with Gasteiger partial charge in [0.15, 0.2) is 0 Å². The largest absolute Gasteiger partial charge is 0.368 e. The Morgan fingerprint density at radius 1 is 1.14 bits per heavy atom. The molecular formula is C20H25N5O2S. The van der Waals surface area contributed by atoms with E-state index in [0.717, 1.165) is 42.8 Å². The van der Waals surface area contributed by atoms with Gasteiger partial charge in [0.1, 0.15) is 5.82 Å². The molecule has 28 heavy (non-hydrogen) atoms. The highest BCUT2D eigenvalue weighted by Crippen LogP contribution is 2.55. The van der Waals surface area contributed by atoms with Gasteiger partial charge in [-0.3, -0.25) is 0 Å². The van der Waals surface area contributed by atoms with Crippen molar-refractivity contribution in [1.82, 2.24) is 14.3 Å². The predicted molar refractivity (Wildman–Crippen MR) is 108 cm³/mol. The molecule has 3 aliphatic rings. The molecule has 7 nitrogen and oxygen atoms in total. The summed E-state index contributed by atoms with van der Waals surface area (Å²) in [7, 11) is -3.42. The van der Waals surface area contributed by atoms with Crippen LogP contribution in [0, 0.1) is 5.92 Å². The summed E-state index contributed by atoms with van der Waals surface area (Å²) in [6.07, 6.45) is 5.80. The smallest absolute Gasteiger partial charge is 0.243 e. The fourth-order valence-electron chi connectivity index (χ4n) is 5.02. The molecule has 2 aromatic rings. The van der Waals surface area contributed by atoms with Crippen molar-refractivity contribution >= 4 is 27.5 Å². The van der Waals surface area contributed by atoms with Crippen molar-refractivity contribution < 1.29 is 8.42 Å². The number of hydrogen-bond donors (Lipinski definition) is 1. The van der Waals surface area contributed by atoms with E-state index >= 15 is 0 Å². The van der Waals surface area contributed by atoms with Gasteiger partial charge in [0, 0.05) is 31.0 Å². The van der Waals surface area contributed by atoms with Crippen LogP contribution >= 0.6 is 0 Å². The van der Waals surface area contributed by atoms with E-state index in [1.165, 1.54) is 0 Å². The first-order valence-electron chi connectivity index (χ1n) is 9.98. The number of rotatable bonds is 3. The highest BCUT2D eigenvalue weighted by atomic mass is 32.2. The van der Waals surface area contributed by atoms with Crippen molar-refractivity contribution in [2.75, 3.05) is 23.7 Å². The molecule has 0 radical (unpaired) electrons. The molecule has 5 rings (SSSR count). The minimum Gasteiger partial charge on any atom is -0.368 e. The number of fused-ring (bicyclic) bond motifs is 3. The molecule has 1 saturated carbocycles. The maximum absolute atomic E-state index is 13.1. The quantitative estimate of drug-likeness (QED) is 0.853. The number of benzene rings is 1. The van der Waals surface area contributed by atoms with E-state index in [2.05, 4.69) is 21.8 Å². The summed E-state index contributed by atoms with van der Waals surface area (Å²) in [4.78, 5) is 11.0. The number of sulfonamides is 1. The SMILES string of the molecule is CC1C2CCC2c2cc(S(=O)(=O)N3CCCC3)ccc2N1c1ccnc(N)n1. The fraction of sp³-hybridized carbons (Fsp3) is 0.500. The van der Waals surface area contributed by atoms with E-state index in [9.17, 15) is 8.42 Å². The lowest BCUT2D eigenvalue weighted by Gasteiger charge is -2.51. The summed E-state index contributed by atoms with van der Waals surface area (Å²) in [6, 6.07) is 7.74. The Morgan fingerprint density at radius 2 is 1.93 bits per heavy atom. The monoisotopic (exact) mass is 399 g/mol. The summed E-state index contributed by atoms with van der Waals surface area (Å²) in [5.74, 6) is 1.92. The average molecular weight is 400 g/mol. The Hall–Kier alpha value is -2.19. The first kappa shape index (κ1) is 17.9. The van der Waals surface area contributed by atoms with Gasteiger partial charge in [0.25, 0.3) is 0 Å². The summed E-state index contributed by atoms with van der Waals surface area (Å²) < 4.78 is 27.7. The molecule has 3 atom stereocenters. The standard InChI is InChI=1S/C20H25N5O2S/c1-13-15-5-6-16(15)17-12-14(28(26,27)24-10-2-3-11-24)4-7-18(17)25(13)19-8-9-22-20(21)23-19/h4,7-9,12-13,15-16H,2-3,5-6,10-11H2,1H3,(H2,21,22,23). The van der Waals surface area contributed by atoms with Crippen LogP contribution in [-0.4, -0.2) is 41.8 Å². The summed E-state index contributed by atoms with van der Waals surface area (Å²) >= 11 is 0. The number of hydrogen-bond acceptors (Lipinski definition) is 6. The predicted octanol–water partition coefficient (Wildman–Crippen LogP) is 2.88. The molecule has 2 N–H and O–H groups in total. The lowest BCUT2D eigenvalue weighted by Crippen LogP contribution is -2.47. The van der Waals surface area contributed by atoms with E-state index in [1.54, 1.807) is 16.6 Å². The molecular weight excluding hydrogens is 374 g/mol. The van der Waals surface area contributed by atoms with Crippen molar-refractivity contribution in [1.29, 1.82) is 0 Å². The normalized spacial score (nSPS) is 27.2. The van der Waals surface area contributed by atoms with Crippen LogP contribution < -0.4 is 10.6 Å². The van der Waals surface area contributed by atoms with E-state index in [1.807, 2.05) is 18.2 Å². The molecule has 1 aromatic carbocycles. The molecule has 2 fully saturated rings. The topological polar surface area (TPSA) is 92.4 Å². The van der Waals surface area contributed by atoms with Crippen LogP contribution in [0.25, 0.3) is 0 Å². The van der Waals surface area contributed by atoms with E-state index < -0.39 is 10.0 Å². The number of nitrogen functional groups attached to an aromatic ring is 1. The third-order valence-electron chi connectivity index (χ3n) is 6.62. The van der Waals surface area contributed by atoms with Crippen LogP contribution in [-0.2, 0) is 10.0 Å². The van der Waals surface area contributed by atoms with Crippen molar-refractivity contribution in [2.24, 2.45) is 5.92 Å². The first-order valence-corrected chi connectivity index (χ1v) is 11.4. The van der Waals surface area contributed by atoms with Gasteiger partial charge in [-0.25, -0.2) is 13.4 Å². The third kappa shape index (κ3) is 2.62. The molecule has 3 heterocycles. The zero-order valence-electron chi connectivity index (χ0n) is 16.0. The van der Waals surface area contributed by atoms with Crippen LogP contribution in [0.15, 0.2) is 35.4 Å². The molecule has 148 valence electrons. The zero-order valence-corrected chi connectivity index (χ0v) is 16.8. The molecule has 1 aromatic heterocycles. The summed E-state index contributed by atoms with van der Waals surface area (Å²) in [5.41, 5.74) is 7.98. The molecule has 0 bridgehead atoms. The summed E-state index contributed by atoms with van der Waals surface area (Å²) in [5, 5.41) is 0. The number of nitrogens with two attached hydrogens (primary N) is 1. The average Bonchev–Trinajstić information content (AvgIpc) is 3.17. The molecule has 1 aliphatic carbocycles. The van der Waals surface area contributed by atoms with Gasteiger partial charge < -0.3 is 10.6 Å². The fourth-order valence-corrected chi connectivity index (χ4v) is 6.57. The molecule has 3 unspecified atom stereocenters. The van der Waals surface area contributed by atoms with Crippen LogP contribution in [0.2, 0.25) is 0 Å². The van der Waals surface area contributed by atoms with Gasteiger partial charge in [-0.2, -0.15) is 9.29 Å². The molecule has 8 heteroatoms. The second kappa shape index (κ2) is 6.42. The lowest BCUT2D eigenvalue weighted by atomic mass is 9.64. The Bertz CT molecular complexity index is 1020. The van der Waals surface area contributed by atoms with Crippen LogP contribution in [0.3, 0.4) is 0 Å². The molecule has 0 amide bonds. The van der Waals surface area contributed by atoms with Crippen molar-refractivity contribution in [3.63, 3.8) is 0 Å². The second-order valence-corrected chi connectivity index (χ2v) is 10.0. The third-order valence-corrected chi connectivity index (χ3v) is 8.52. The van der Waals surface area contributed by atoms with Crippen LogP contribution in [0.1, 0.15) is 44.1 Å². The van der Waals surface area contributed by atoms with Gasteiger partial charge in [-0.15, -0.1) is 0 Å². The van der Waals surface area contributed by atoms with Crippen molar-refractivity contribution in [3.8, 4) is 0 Å². The highest BCUT2D eigenvalue weighted by Gasteiger charge is 2.45. The highest BCUT2D eigenvalue weighted by molar-refractivity contribution is 7.89. The van der Waals surface area contributed by atoms with Gasteiger partial charge >= 0.3 is 0 Å². The van der Waals surface area contributed by atoms with E-state index in [0.29, 0.717) is 29.8 Å². The molecule has 2 aliphatic heterocycles. The second-order valence-electron chi connectivity index (χ2n) is 8.06. The zero-order chi connectivity index (χ0) is 19.5. The Balaban J connectivity index is 1.61. The van der Waals surface area contributed by atoms with Crippen LogP contribution in [0.5, 0.6) is 0 Å². The van der Waals surface area contributed by atoms with Crippen molar-refractivity contribution in [3.05, 3.63) is 36.0 Å². The maximum Gasteiger partial charge on any atom is 0.243 e.